The summed E-state index contributed by atoms with van der Waals surface area (Å²) in [5.74, 6) is -0.830. The van der Waals surface area contributed by atoms with Gasteiger partial charge in [0, 0.05) is 11.4 Å². The molecule has 0 heterocycles. The molecule has 0 fully saturated rings. The molecule has 0 aromatic heterocycles. The molecule has 2 N–H and O–H groups in total. The van der Waals surface area contributed by atoms with Crippen LogP contribution in [0.4, 0.5) is 24.5 Å². The van der Waals surface area contributed by atoms with E-state index in [1.807, 2.05) is 0 Å². The Balaban J connectivity index is 1.86. The molecular formula is C18H17F3N2O3. The average molecular weight is 366 g/mol. The SMILES string of the molecule is CCOC(=O)c1ccc(NC(=O)CNc2ccc(C(F)(F)F)cc2)cc1. The van der Waals surface area contributed by atoms with Gasteiger partial charge >= 0.3 is 12.1 Å². The van der Waals surface area contributed by atoms with E-state index in [4.69, 9.17) is 4.74 Å². The van der Waals surface area contributed by atoms with Gasteiger partial charge in [0.2, 0.25) is 5.91 Å². The van der Waals surface area contributed by atoms with Crippen LogP contribution in [0, 0.1) is 0 Å². The van der Waals surface area contributed by atoms with Crippen LogP contribution < -0.4 is 10.6 Å². The van der Waals surface area contributed by atoms with E-state index in [1.54, 1.807) is 19.1 Å². The third-order valence-electron chi connectivity index (χ3n) is 3.35. The van der Waals surface area contributed by atoms with Gasteiger partial charge in [-0.25, -0.2) is 4.79 Å². The molecule has 0 atom stereocenters. The maximum absolute atomic E-state index is 12.5. The number of hydrogen-bond donors (Lipinski definition) is 2. The fraction of sp³-hybridized carbons (Fsp3) is 0.222. The van der Waals surface area contributed by atoms with Gasteiger partial charge in [-0.15, -0.1) is 0 Å². The van der Waals surface area contributed by atoms with Crippen molar-refractivity contribution < 1.29 is 27.5 Å². The molecule has 1 amide bonds. The van der Waals surface area contributed by atoms with Crippen molar-refractivity contribution in [3.63, 3.8) is 0 Å². The topological polar surface area (TPSA) is 67.4 Å². The summed E-state index contributed by atoms with van der Waals surface area (Å²) in [5.41, 5.74) is 0.491. The second-order valence-corrected chi connectivity index (χ2v) is 5.27. The van der Waals surface area contributed by atoms with Gasteiger partial charge in [0.15, 0.2) is 0 Å². The number of carbonyl (C=O) groups is 2. The van der Waals surface area contributed by atoms with E-state index in [0.717, 1.165) is 12.1 Å². The summed E-state index contributed by atoms with van der Waals surface area (Å²) < 4.78 is 42.3. The van der Waals surface area contributed by atoms with Gasteiger partial charge in [-0.1, -0.05) is 0 Å². The number of carbonyl (C=O) groups excluding carboxylic acids is 2. The molecule has 0 saturated heterocycles. The van der Waals surface area contributed by atoms with Crippen LogP contribution in [0.3, 0.4) is 0 Å². The normalized spacial score (nSPS) is 10.9. The molecule has 0 unspecified atom stereocenters. The zero-order valence-electron chi connectivity index (χ0n) is 13.9. The largest absolute Gasteiger partial charge is 0.462 e. The molecule has 0 spiro atoms. The van der Waals surface area contributed by atoms with Gasteiger partial charge in [0.05, 0.1) is 24.3 Å². The molecule has 138 valence electrons. The second kappa shape index (κ2) is 8.37. The third-order valence-corrected chi connectivity index (χ3v) is 3.35. The van der Waals surface area contributed by atoms with Gasteiger partial charge in [0.1, 0.15) is 0 Å². The van der Waals surface area contributed by atoms with E-state index < -0.39 is 17.7 Å². The molecule has 5 nitrogen and oxygen atoms in total. The zero-order valence-corrected chi connectivity index (χ0v) is 13.9. The highest BCUT2D eigenvalue weighted by molar-refractivity contribution is 5.95. The molecule has 0 radical (unpaired) electrons. The van der Waals surface area contributed by atoms with Gasteiger partial charge in [-0.05, 0) is 55.5 Å². The molecule has 2 rings (SSSR count). The minimum Gasteiger partial charge on any atom is -0.462 e. The lowest BCUT2D eigenvalue weighted by Crippen LogP contribution is -2.21. The molecule has 2 aromatic rings. The molecular weight excluding hydrogens is 349 g/mol. The fourth-order valence-electron chi connectivity index (χ4n) is 2.07. The van der Waals surface area contributed by atoms with Crippen molar-refractivity contribution in [3.05, 3.63) is 59.7 Å². The van der Waals surface area contributed by atoms with Crippen LogP contribution in [0.5, 0.6) is 0 Å². The van der Waals surface area contributed by atoms with Crippen LogP contribution in [-0.4, -0.2) is 25.0 Å². The van der Waals surface area contributed by atoms with Crippen LogP contribution in [0.2, 0.25) is 0 Å². The number of anilines is 2. The van der Waals surface area contributed by atoms with Crippen molar-refractivity contribution >= 4 is 23.3 Å². The Morgan fingerprint density at radius 3 is 2.08 bits per heavy atom. The molecule has 8 heteroatoms. The summed E-state index contributed by atoms with van der Waals surface area (Å²) >= 11 is 0. The molecule has 0 bridgehead atoms. The van der Waals surface area contributed by atoms with E-state index >= 15 is 0 Å². The Labute approximate surface area is 148 Å². The van der Waals surface area contributed by atoms with Crippen molar-refractivity contribution in [1.82, 2.24) is 0 Å². The van der Waals surface area contributed by atoms with Crippen LogP contribution in [0.25, 0.3) is 0 Å². The minimum atomic E-state index is -4.40. The summed E-state index contributed by atoms with van der Waals surface area (Å²) in [7, 11) is 0. The van der Waals surface area contributed by atoms with Gasteiger partial charge in [-0.3, -0.25) is 4.79 Å². The summed E-state index contributed by atoms with van der Waals surface area (Å²) in [4.78, 5) is 23.4. The van der Waals surface area contributed by atoms with Crippen LogP contribution >= 0.6 is 0 Å². The van der Waals surface area contributed by atoms with Crippen LogP contribution in [0.15, 0.2) is 48.5 Å². The molecule has 0 aliphatic heterocycles. The molecule has 0 saturated carbocycles. The van der Waals surface area contributed by atoms with E-state index in [-0.39, 0.29) is 19.1 Å². The Morgan fingerprint density at radius 1 is 0.962 bits per heavy atom. The first-order chi connectivity index (χ1) is 12.3. The number of benzene rings is 2. The van der Waals surface area contributed by atoms with Crippen LogP contribution in [-0.2, 0) is 15.7 Å². The minimum absolute atomic E-state index is 0.120. The Morgan fingerprint density at radius 2 is 1.54 bits per heavy atom. The Bertz CT molecular complexity index is 757. The van der Waals surface area contributed by atoms with E-state index in [1.165, 1.54) is 24.3 Å². The molecule has 26 heavy (non-hydrogen) atoms. The Kier molecular flexibility index (Phi) is 6.21. The van der Waals surface area contributed by atoms with Gasteiger partial charge in [-0.2, -0.15) is 13.2 Å². The van der Waals surface area contributed by atoms with Crippen molar-refractivity contribution in [1.29, 1.82) is 0 Å². The number of ether oxygens (including phenoxy) is 1. The highest BCUT2D eigenvalue weighted by Gasteiger charge is 2.29. The monoisotopic (exact) mass is 366 g/mol. The number of amides is 1. The predicted molar refractivity (Wildman–Crippen MR) is 91.0 cm³/mol. The molecule has 2 aromatic carbocycles. The number of nitrogens with one attached hydrogen (secondary N) is 2. The quantitative estimate of drug-likeness (QED) is 0.760. The summed E-state index contributed by atoms with van der Waals surface area (Å²) in [5, 5.41) is 5.35. The lowest BCUT2D eigenvalue weighted by Gasteiger charge is -2.10. The van der Waals surface area contributed by atoms with Crippen molar-refractivity contribution in [3.8, 4) is 0 Å². The van der Waals surface area contributed by atoms with Crippen molar-refractivity contribution in [2.45, 2.75) is 13.1 Å². The highest BCUT2D eigenvalue weighted by atomic mass is 19.4. The average Bonchev–Trinajstić information content (AvgIpc) is 2.60. The first kappa shape index (κ1) is 19.3. The number of hydrogen-bond acceptors (Lipinski definition) is 4. The standard InChI is InChI=1S/C18H17F3N2O3/c1-2-26-17(25)12-3-7-15(8-4-12)23-16(24)11-22-14-9-5-13(6-10-14)18(19,20)21/h3-10,22H,2,11H2,1H3,(H,23,24). The maximum Gasteiger partial charge on any atom is 0.416 e. The van der Waals surface area contributed by atoms with Gasteiger partial charge < -0.3 is 15.4 Å². The van der Waals surface area contributed by atoms with Crippen LogP contribution in [0.1, 0.15) is 22.8 Å². The summed E-state index contributed by atoms with van der Waals surface area (Å²) in [6, 6.07) is 10.6. The number of halogens is 3. The molecule has 0 aliphatic rings. The zero-order chi connectivity index (χ0) is 19.2. The smallest absolute Gasteiger partial charge is 0.416 e. The molecule has 0 aliphatic carbocycles. The van der Waals surface area contributed by atoms with E-state index in [2.05, 4.69) is 10.6 Å². The lowest BCUT2D eigenvalue weighted by atomic mass is 10.2. The van der Waals surface area contributed by atoms with Crippen molar-refractivity contribution in [2.24, 2.45) is 0 Å². The fourth-order valence-corrected chi connectivity index (χ4v) is 2.07. The van der Waals surface area contributed by atoms with E-state index in [9.17, 15) is 22.8 Å². The first-order valence-corrected chi connectivity index (χ1v) is 7.77. The van der Waals surface area contributed by atoms with Gasteiger partial charge in [0.25, 0.3) is 0 Å². The second-order valence-electron chi connectivity index (χ2n) is 5.27. The maximum atomic E-state index is 12.5. The van der Waals surface area contributed by atoms with E-state index in [0.29, 0.717) is 16.9 Å². The Hall–Kier alpha value is -3.03. The highest BCUT2D eigenvalue weighted by Crippen LogP contribution is 2.29. The summed E-state index contributed by atoms with van der Waals surface area (Å²) in [6.45, 7) is 1.86. The lowest BCUT2D eigenvalue weighted by molar-refractivity contribution is -0.137. The third kappa shape index (κ3) is 5.51. The number of esters is 1. The number of alkyl halides is 3. The number of rotatable bonds is 6. The predicted octanol–water partition coefficient (Wildman–Crippen LogP) is 3.93. The van der Waals surface area contributed by atoms with Crippen molar-refractivity contribution in [2.75, 3.05) is 23.8 Å². The summed E-state index contributed by atoms with van der Waals surface area (Å²) in [6.07, 6.45) is -4.40. The first-order valence-electron chi connectivity index (χ1n) is 7.77.